The first-order valence-corrected chi connectivity index (χ1v) is 12.9. The number of fused-ring (bicyclic) bond motifs is 1. The van der Waals surface area contributed by atoms with E-state index in [1.54, 1.807) is 17.4 Å². The minimum Gasteiger partial charge on any atom is -0.475 e. The highest BCUT2D eigenvalue weighted by Crippen LogP contribution is 2.34. The molecule has 1 aliphatic rings. The molecule has 1 saturated heterocycles. The van der Waals surface area contributed by atoms with Crippen LogP contribution in [0.5, 0.6) is 0 Å². The lowest BCUT2D eigenvalue weighted by Gasteiger charge is -2.34. The maximum absolute atomic E-state index is 13.5. The van der Waals surface area contributed by atoms with Crippen molar-refractivity contribution in [2.75, 3.05) is 32.7 Å². The van der Waals surface area contributed by atoms with Crippen molar-refractivity contribution in [1.29, 1.82) is 5.26 Å². The summed E-state index contributed by atoms with van der Waals surface area (Å²) in [6, 6.07) is 19.8. The van der Waals surface area contributed by atoms with Gasteiger partial charge in [0.25, 0.3) is 0 Å². The lowest BCUT2D eigenvalue weighted by atomic mass is 10.1. The number of imidazole rings is 1. The van der Waals surface area contributed by atoms with E-state index in [0.29, 0.717) is 11.9 Å². The molecule has 1 aliphatic heterocycles. The van der Waals surface area contributed by atoms with Gasteiger partial charge in [-0.05, 0) is 41.5 Å². The topological polar surface area (TPSA) is 96.3 Å². The van der Waals surface area contributed by atoms with Crippen LogP contribution in [0, 0.1) is 17.1 Å². The predicted octanol–water partition coefficient (Wildman–Crippen LogP) is 5.76. The Labute approximate surface area is 225 Å². The van der Waals surface area contributed by atoms with Crippen LogP contribution < -0.4 is 0 Å². The Morgan fingerprint density at radius 3 is 2.31 bits per heavy atom. The number of carboxylic acid groups (broad SMARTS) is 1. The number of H-pyrrole nitrogens is 1. The van der Waals surface area contributed by atoms with Gasteiger partial charge in [0.15, 0.2) is 0 Å². The summed E-state index contributed by atoms with van der Waals surface area (Å²) in [5, 5.41) is 15.9. The van der Waals surface area contributed by atoms with Crippen LogP contribution in [0.2, 0.25) is 0 Å². The van der Waals surface area contributed by atoms with Gasteiger partial charge in [0.2, 0.25) is 0 Å². The van der Waals surface area contributed by atoms with E-state index in [9.17, 15) is 17.6 Å². The fourth-order valence-corrected chi connectivity index (χ4v) is 5.09. The Morgan fingerprint density at radius 2 is 1.67 bits per heavy atom. The number of alkyl halides is 3. The van der Waals surface area contributed by atoms with Crippen molar-refractivity contribution in [3.8, 4) is 27.2 Å². The summed E-state index contributed by atoms with van der Waals surface area (Å²) < 4.78 is 45.2. The summed E-state index contributed by atoms with van der Waals surface area (Å²) in [6.45, 7) is 5.99. The smallest absolute Gasteiger partial charge is 0.475 e. The molecule has 204 valence electrons. The van der Waals surface area contributed by atoms with Crippen LogP contribution in [-0.4, -0.2) is 69.7 Å². The van der Waals surface area contributed by atoms with Crippen LogP contribution in [-0.2, 0) is 11.3 Å². The zero-order chi connectivity index (χ0) is 28.0. The average Bonchev–Trinajstić information content (AvgIpc) is 3.56. The molecule has 4 aromatic rings. The molecular formula is C27H25F4N5O2S. The standard InChI is InChI=1S/C25H24FN5S.C2HF3O2/c26-20-6-7-21-22(16-20)29-25(28-21)24-9-8-23(32-24)19-4-2-18(3-5-19)17-31-14-12-30(13-15-31)11-1-10-27;3-2(4,5)1(6)7/h2-9,16H,1,11-15,17H2,(H,28,29);(H,6,7). The molecule has 7 nitrogen and oxygen atoms in total. The maximum atomic E-state index is 13.5. The monoisotopic (exact) mass is 559 g/mol. The van der Waals surface area contributed by atoms with Gasteiger partial charge < -0.3 is 10.1 Å². The van der Waals surface area contributed by atoms with E-state index < -0.39 is 12.1 Å². The number of hydrogen-bond donors (Lipinski definition) is 2. The SMILES string of the molecule is N#CCCN1CCN(Cc2ccc(-c3ccc(-c4nc5ccc(F)cc5[nH]4)s3)cc2)CC1.O=C(O)C(F)(F)F. The second kappa shape index (κ2) is 12.4. The van der Waals surface area contributed by atoms with Crippen LogP contribution in [0.4, 0.5) is 17.6 Å². The third-order valence-electron chi connectivity index (χ3n) is 6.18. The Hall–Kier alpha value is -3.79. The van der Waals surface area contributed by atoms with Crippen molar-refractivity contribution < 1.29 is 27.5 Å². The van der Waals surface area contributed by atoms with E-state index in [-0.39, 0.29) is 5.82 Å². The Balaban J connectivity index is 0.000000448. The lowest BCUT2D eigenvalue weighted by molar-refractivity contribution is -0.192. The third-order valence-corrected chi connectivity index (χ3v) is 7.32. The quantitative estimate of drug-likeness (QED) is 0.292. The minimum atomic E-state index is -5.08. The van der Waals surface area contributed by atoms with E-state index in [1.807, 2.05) is 0 Å². The van der Waals surface area contributed by atoms with Gasteiger partial charge in [-0.25, -0.2) is 14.2 Å². The largest absolute Gasteiger partial charge is 0.490 e. The molecule has 1 fully saturated rings. The number of aromatic amines is 1. The molecule has 3 heterocycles. The van der Waals surface area contributed by atoms with Gasteiger partial charge in [-0.3, -0.25) is 9.80 Å². The number of aromatic nitrogens is 2. The lowest BCUT2D eigenvalue weighted by Crippen LogP contribution is -2.46. The molecule has 12 heteroatoms. The average molecular weight is 560 g/mol. The maximum Gasteiger partial charge on any atom is 0.490 e. The molecule has 0 saturated carbocycles. The van der Waals surface area contributed by atoms with E-state index in [0.717, 1.165) is 55.5 Å². The fraction of sp³-hybridized carbons (Fsp3) is 0.296. The van der Waals surface area contributed by atoms with E-state index >= 15 is 0 Å². The summed E-state index contributed by atoms with van der Waals surface area (Å²) in [6.07, 6.45) is -4.47. The number of aliphatic carboxylic acids is 1. The van der Waals surface area contributed by atoms with Crippen molar-refractivity contribution in [2.24, 2.45) is 0 Å². The number of piperazine rings is 1. The molecule has 2 N–H and O–H groups in total. The summed E-state index contributed by atoms with van der Waals surface area (Å²) >= 11 is 1.68. The first-order valence-electron chi connectivity index (χ1n) is 12.1. The Kier molecular flexibility index (Phi) is 8.96. The number of benzene rings is 2. The van der Waals surface area contributed by atoms with Gasteiger partial charge >= 0.3 is 12.1 Å². The number of hydrogen-bond acceptors (Lipinski definition) is 6. The molecule has 0 aliphatic carbocycles. The summed E-state index contributed by atoms with van der Waals surface area (Å²) in [4.78, 5) is 23.8. The molecule has 2 aromatic carbocycles. The minimum absolute atomic E-state index is 0.263. The number of carboxylic acids is 1. The number of nitriles is 1. The van der Waals surface area contributed by atoms with Gasteiger partial charge in [0, 0.05) is 50.6 Å². The molecule has 0 unspecified atom stereocenters. The molecule has 2 aromatic heterocycles. The van der Waals surface area contributed by atoms with Crippen molar-refractivity contribution in [3.63, 3.8) is 0 Å². The van der Waals surface area contributed by atoms with Crippen LogP contribution in [0.15, 0.2) is 54.6 Å². The Morgan fingerprint density at radius 1 is 1.03 bits per heavy atom. The van der Waals surface area contributed by atoms with E-state index in [2.05, 4.69) is 62.2 Å². The van der Waals surface area contributed by atoms with Crippen LogP contribution >= 0.6 is 11.3 Å². The number of thiophene rings is 1. The molecule has 0 radical (unpaired) electrons. The first-order chi connectivity index (χ1) is 18.6. The fourth-order valence-electron chi connectivity index (χ4n) is 4.13. The second-order valence-electron chi connectivity index (χ2n) is 8.94. The zero-order valence-corrected chi connectivity index (χ0v) is 21.5. The Bertz CT molecular complexity index is 1450. The summed E-state index contributed by atoms with van der Waals surface area (Å²) in [5.41, 5.74) is 3.99. The van der Waals surface area contributed by atoms with Crippen LogP contribution in [0.25, 0.3) is 32.2 Å². The van der Waals surface area contributed by atoms with Crippen molar-refractivity contribution in [3.05, 3.63) is 66.0 Å². The van der Waals surface area contributed by atoms with E-state index in [1.165, 1.54) is 28.1 Å². The van der Waals surface area contributed by atoms with Crippen molar-refractivity contribution in [2.45, 2.75) is 19.1 Å². The number of carbonyl (C=O) groups is 1. The molecule has 0 amide bonds. The van der Waals surface area contributed by atoms with Gasteiger partial charge in [0.05, 0.1) is 22.0 Å². The zero-order valence-electron chi connectivity index (χ0n) is 20.7. The van der Waals surface area contributed by atoms with Gasteiger partial charge in [-0.15, -0.1) is 11.3 Å². The van der Waals surface area contributed by atoms with Crippen molar-refractivity contribution in [1.82, 2.24) is 19.8 Å². The highest BCUT2D eigenvalue weighted by molar-refractivity contribution is 7.18. The van der Waals surface area contributed by atoms with Gasteiger partial charge in [-0.2, -0.15) is 18.4 Å². The molecule has 5 rings (SSSR count). The number of halogens is 4. The molecule has 0 bridgehead atoms. The first kappa shape index (κ1) is 28.2. The highest BCUT2D eigenvalue weighted by atomic mass is 32.1. The summed E-state index contributed by atoms with van der Waals surface area (Å²) in [7, 11) is 0. The molecular weight excluding hydrogens is 534 g/mol. The normalized spacial score (nSPS) is 14.5. The third kappa shape index (κ3) is 7.63. The van der Waals surface area contributed by atoms with Crippen molar-refractivity contribution >= 4 is 28.3 Å². The second-order valence-corrected chi connectivity index (χ2v) is 10.0. The van der Waals surface area contributed by atoms with Gasteiger partial charge in [0.1, 0.15) is 11.6 Å². The number of nitrogens with one attached hydrogen (secondary N) is 1. The molecule has 0 atom stereocenters. The van der Waals surface area contributed by atoms with E-state index in [4.69, 9.17) is 15.2 Å². The number of nitrogens with zero attached hydrogens (tertiary/aromatic N) is 4. The van der Waals surface area contributed by atoms with Crippen LogP contribution in [0.1, 0.15) is 12.0 Å². The molecule has 39 heavy (non-hydrogen) atoms. The molecule has 0 spiro atoms. The highest BCUT2D eigenvalue weighted by Gasteiger charge is 2.38. The van der Waals surface area contributed by atoms with Gasteiger partial charge in [-0.1, -0.05) is 24.3 Å². The van der Waals surface area contributed by atoms with Crippen LogP contribution in [0.3, 0.4) is 0 Å². The number of rotatable bonds is 6. The predicted molar refractivity (Wildman–Crippen MR) is 140 cm³/mol. The summed E-state index contributed by atoms with van der Waals surface area (Å²) in [5.74, 6) is -2.25.